The van der Waals surface area contributed by atoms with E-state index in [-0.39, 0.29) is 35.4 Å². The molecule has 3 N–H and O–H groups in total. The number of carbonyl (C=O) groups excluding carboxylic acids is 3. The van der Waals surface area contributed by atoms with E-state index in [4.69, 9.17) is 5.10 Å². The summed E-state index contributed by atoms with van der Waals surface area (Å²) in [6.45, 7) is 13.1. The number of amides is 3. The van der Waals surface area contributed by atoms with E-state index in [0.29, 0.717) is 12.3 Å². The number of para-hydroxylation sites is 1. The summed E-state index contributed by atoms with van der Waals surface area (Å²) in [6.07, 6.45) is 5.82. The standard InChI is InChI=1S/C44H56N10O4/c1-27(42(57)49(4)30-10-9-29-23-33(45-32(29)24-30)39-31-13-16-44(2,3)25-34(31)47-48-39)52-21-19-51(20-22-52)26-28-14-17-53(18-15-28)35-7-6-8-36-40(35)50(5)43(58)54(36)37-11-12-38(55)46-41(37)56/h6-10,23-24,27-28,37,45H,11-22,25-26H2,1-5H3,(H,47,48)(H,46,55,56). The van der Waals surface area contributed by atoms with Crippen LogP contribution < -0.4 is 20.8 Å². The van der Waals surface area contributed by atoms with E-state index < -0.39 is 11.9 Å². The van der Waals surface area contributed by atoms with Gasteiger partial charge in [-0.05, 0) is 87.1 Å². The number of H-pyrrole nitrogens is 2. The van der Waals surface area contributed by atoms with E-state index in [1.807, 2.05) is 32.2 Å². The second-order valence-corrected chi connectivity index (χ2v) is 18.0. The van der Waals surface area contributed by atoms with Gasteiger partial charge in [-0.3, -0.25) is 38.8 Å². The third-order valence-electron chi connectivity index (χ3n) is 13.6. The fourth-order valence-electron chi connectivity index (χ4n) is 10.0. The first-order chi connectivity index (χ1) is 27.8. The maximum Gasteiger partial charge on any atom is 0.329 e. The summed E-state index contributed by atoms with van der Waals surface area (Å²) in [5, 5.41) is 11.5. The normalized spacial score (nSPS) is 21.4. The first kappa shape index (κ1) is 38.3. The van der Waals surface area contributed by atoms with Gasteiger partial charge in [-0.15, -0.1) is 0 Å². The summed E-state index contributed by atoms with van der Waals surface area (Å²) < 4.78 is 3.21. The van der Waals surface area contributed by atoms with Crippen molar-refractivity contribution in [3.05, 3.63) is 64.2 Å². The van der Waals surface area contributed by atoms with Gasteiger partial charge in [0.1, 0.15) is 11.7 Å². The molecule has 0 saturated carbocycles. The number of likely N-dealkylation sites (N-methyl/N-ethyl adjacent to an activating group) is 1. The predicted molar refractivity (Wildman–Crippen MR) is 226 cm³/mol. The van der Waals surface area contributed by atoms with Gasteiger partial charge in [0.2, 0.25) is 17.7 Å². The summed E-state index contributed by atoms with van der Waals surface area (Å²) in [6, 6.07) is 13.4. The molecule has 3 aromatic heterocycles. The topological polar surface area (TPSA) is 148 Å². The van der Waals surface area contributed by atoms with E-state index in [2.05, 4.69) is 68.2 Å². The Hall–Kier alpha value is -5.21. The molecule has 2 atom stereocenters. The molecule has 3 saturated heterocycles. The third-order valence-corrected chi connectivity index (χ3v) is 13.6. The minimum atomic E-state index is -0.696. The van der Waals surface area contributed by atoms with E-state index in [0.717, 1.165) is 123 Å². The number of imide groups is 1. The van der Waals surface area contributed by atoms with Crippen molar-refractivity contribution in [2.75, 3.05) is 62.7 Å². The average Bonchev–Trinajstić information content (AvgIpc) is 3.90. The highest BCUT2D eigenvalue weighted by Crippen LogP contribution is 2.39. The van der Waals surface area contributed by atoms with Crippen LogP contribution in [-0.4, -0.2) is 111 Å². The summed E-state index contributed by atoms with van der Waals surface area (Å²) in [5.41, 5.74) is 9.06. The molecule has 5 aromatic rings. The van der Waals surface area contributed by atoms with Gasteiger partial charge in [0.25, 0.3) is 0 Å². The highest BCUT2D eigenvalue weighted by molar-refractivity contribution is 6.01. The largest absolute Gasteiger partial charge is 0.370 e. The van der Waals surface area contributed by atoms with Crippen LogP contribution in [-0.2, 0) is 34.3 Å². The van der Waals surface area contributed by atoms with Crippen LogP contribution in [0.5, 0.6) is 0 Å². The first-order valence-corrected chi connectivity index (χ1v) is 21.1. The Bertz CT molecular complexity index is 2460. The van der Waals surface area contributed by atoms with Crippen LogP contribution >= 0.6 is 0 Å². The first-order valence-electron chi connectivity index (χ1n) is 21.1. The molecule has 0 spiro atoms. The molecular weight excluding hydrogens is 733 g/mol. The number of benzene rings is 2. The van der Waals surface area contributed by atoms with Crippen LogP contribution in [0.4, 0.5) is 11.4 Å². The number of nitrogens with one attached hydrogen (secondary N) is 3. The monoisotopic (exact) mass is 788 g/mol. The van der Waals surface area contributed by atoms with Gasteiger partial charge in [-0.25, -0.2) is 4.79 Å². The number of nitrogens with zero attached hydrogens (tertiary/aromatic N) is 7. The lowest BCUT2D eigenvalue weighted by Crippen LogP contribution is -2.55. The highest BCUT2D eigenvalue weighted by atomic mass is 16.2. The third kappa shape index (κ3) is 6.93. The number of imidazole rings is 1. The minimum Gasteiger partial charge on any atom is -0.370 e. The van der Waals surface area contributed by atoms with Gasteiger partial charge in [0.15, 0.2) is 0 Å². The predicted octanol–water partition coefficient (Wildman–Crippen LogP) is 4.59. The number of aryl methyl sites for hydroxylation is 1. The Labute approximate surface area is 338 Å². The van der Waals surface area contributed by atoms with Gasteiger partial charge in [-0.1, -0.05) is 26.0 Å². The Morgan fingerprint density at radius 2 is 1.76 bits per heavy atom. The van der Waals surface area contributed by atoms with Gasteiger partial charge in [-0.2, -0.15) is 5.10 Å². The fourth-order valence-corrected chi connectivity index (χ4v) is 10.0. The molecule has 2 aromatic carbocycles. The quantitative estimate of drug-likeness (QED) is 0.194. The molecule has 3 fully saturated rings. The maximum absolute atomic E-state index is 13.9. The van der Waals surface area contributed by atoms with Crippen LogP contribution in [0.15, 0.2) is 47.3 Å². The van der Waals surface area contributed by atoms with Crippen molar-refractivity contribution < 1.29 is 14.4 Å². The van der Waals surface area contributed by atoms with Crippen LogP contribution in [0.2, 0.25) is 0 Å². The number of aromatic nitrogens is 5. The number of aromatic amines is 2. The zero-order valence-electron chi connectivity index (χ0n) is 34.4. The Balaban J connectivity index is 0.783. The molecule has 3 amide bonds. The van der Waals surface area contributed by atoms with Crippen molar-refractivity contribution in [2.45, 2.75) is 77.8 Å². The Morgan fingerprint density at radius 1 is 0.983 bits per heavy atom. The van der Waals surface area contributed by atoms with E-state index >= 15 is 0 Å². The second kappa shape index (κ2) is 14.9. The molecule has 306 valence electrons. The molecule has 0 radical (unpaired) electrons. The lowest BCUT2D eigenvalue weighted by Gasteiger charge is -2.41. The Kier molecular flexibility index (Phi) is 9.82. The number of hydrogen-bond acceptors (Lipinski definition) is 8. The molecule has 58 heavy (non-hydrogen) atoms. The second-order valence-electron chi connectivity index (χ2n) is 18.0. The van der Waals surface area contributed by atoms with E-state index in [9.17, 15) is 19.2 Å². The summed E-state index contributed by atoms with van der Waals surface area (Å²) >= 11 is 0. The van der Waals surface area contributed by atoms with Crippen LogP contribution in [0, 0.1) is 11.3 Å². The van der Waals surface area contributed by atoms with Crippen molar-refractivity contribution in [3.8, 4) is 11.4 Å². The lowest BCUT2D eigenvalue weighted by atomic mass is 9.76. The fraction of sp³-hybridized carbons (Fsp3) is 0.523. The van der Waals surface area contributed by atoms with Crippen molar-refractivity contribution in [1.29, 1.82) is 0 Å². The highest BCUT2D eigenvalue weighted by Gasteiger charge is 2.34. The van der Waals surface area contributed by atoms with Crippen LogP contribution in [0.25, 0.3) is 33.3 Å². The van der Waals surface area contributed by atoms with E-state index in [1.165, 1.54) is 11.3 Å². The zero-order chi connectivity index (χ0) is 40.5. The van der Waals surface area contributed by atoms with Crippen LogP contribution in [0.3, 0.4) is 0 Å². The SMILES string of the molecule is CC(C(=O)N(C)c1ccc2cc(-c3n[nH]c4c3CCC(C)(C)C4)[nH]c2c1)N1CCN(CC2CCN(c3cccc4c3n(C)c(=O)n4C3CCC(=O)NC3=O)CC2)CC1. The van der Waals surface area contributed by atoms with Crippen molar-refractivity contribution in [3.63, 3.8) is 0 Å². The van der Waals surface area contributed by atoms with Crippen LogP contribution in [0.1, 0.15) is 70.2 Å². The van der Waals surface area contributed by atoms with Gasteiger partial charge < -0.3 is 19.7 Å². The average molecular weight is 789 g/mol. The lowest BCUT2D eigenvalue weighted by molar-refractivity contribution is -0.135. The molecule has 2 unspecified atom stereocenters. The summed E-state index contributed by atoms with van der Waals surface area (Å²) in [7, 11) is 3.65. The molecule has 9 rings (SSSR count). The minimum absolute atomic E-state index is 0.0934. The molecule has 1 aliphatic carbocycles. The van der Waals surface area contributed by atoms with Crippen molar-refractivity contribution in [1.82, 2.24) is 39.4 Å². The van der Waals surface area contributed by atoms with Gasteiger partial charge in [0.05, 0.1) is 28.5 Å². The summed E-state index contributed by atoms with van der Waals surface area (Å²) in [5.74, 6) is -0.0499. The molecule has 3 aliphatic heterocycles. The van der Waals surface area contributed by atoms with Gasteiger partial charge >= 0.3 is 5.69 Å². The zero-order valence-corrected chi connectivity index (χ0v) is 34.4. The number of carbonyl (C=O) groups is 3. The molecular formula is C44H56N10O4. The van der Waals surface area contributed by atoms with Crippen molar-refractivity contribution >= 4 is 51.0 Å². The number of hydrogen-bond donors (Lipinski definition) is 3. The number of rotatable bonds is 8. The molecule has 14 heteroatoms. The molecule has 0 bridgehead atoms. The van der Waals surface area contributed by atoms with Gasteiger partial charge in [0, 0.05) is 94.2 Å². The van der Waals surface area contributed by atoms with Crippen molar-refractivity contribution in [2.24, 2.45) is 18.4 Å². The van der Waals surface area contributed by atoms with E-state index in [1.54, 1.807) is 21.1 Å². The molecule has 6 heterocycles. The number of anilines is 2. The summed E-state index contributed by atoms with van der Waals surface area (Å²) in [4.78, 5) is 64.5. The Morgan fingerprint density at radius 3 is 2.52 bits per heavy atom. The molecule has 14 nitrogen and oxygen atoms in total. The number of fused-ring (bicyclic) bond motifs is 3. The number of piperazine rings is 1. The number of piperidine rings is 2. The maximum atomic E-state index is 13.9. The smallest absolute Gasteiger partial charge is 0.329 e. The molecule has 4 aliphatic rings.